The lowest BCUT2D eigenvalue weighted by atomic mass is 10.1. The first-order chi connectivity index (χ1) is 16.5. The Morgan fingerprint density at radius 3 is 2.56 bits per heavy atom. The van der Waals surface area contributed by atoms with Gasteiger partial charge in [0.15, 0.2) is 5.75 Å². The molecule has 1 amide bonds. The molecule has 0 saturated heterocycles. The molecule has 0 spiro atoms. The van der Waals surface area contributed by atoms with Gasteiger partial charge < -0.3 is 20.0 Å². The number of imidazole rings is 1. The molecule has 0 atom stereocenters. The molecule has 8 nitrogen and oxygen atoms in total. The lowest BCUT2D eigenvalue weighted by Crippen LogP contribution is -2.16. The first kappa shape index (κ1) is 21.3. The van der Waals surface area contributed by atoms with E-state index in [-0.39, 0.29) is 17.5 Å². The number of para-hydroxylation sites is 2. The molecule has 3 N–H and O–H groups in total. The number of aromatic amines is 2. The molecule has 0 unspecified atom stereocenters. The van der Waals surface area contributed by atoms with E-state index in [1.807, 2.05) is 50.2 Å². The highest BCUT2D eigenvalue weighted by Crippen LogP contribution is 2.29. The standard InChI is InChI=1S/C26H23N5O3/c1-16(2)21-15-22(31(30-21)18-9-4-3-5-10-18)25(32)27-17-8-6-11-19(14-17)34-23-13-7-12-20-24(23)29-26(33)28-20/h3-16H,1-2H3,(H,27,32)(H2,28,29,33). The molecular weight excluding hydrogens is 430 g/mol. The monoisotopic (exact) mass is 453 g/mol. The number of aromatic nitrogens is 4. The zero-order chi connectivity index (χ0) is 23.7. The third kappa shape index (κ3) is 4.21. The van der Waals surface area contributed by atoms with E-state index in [0.717, 1.165) is 11.4 Å². The highest BCUT2D eigenvalue weighted by atomic mass is 16.5. The number of amides is 1. The van der Waals surface area contributed by atoms with Gasteiger partial charge in [0.05, 0.1) is 16.9 Å². The minimum absolute atomic E-state index is 0.177. The molecule has 0 bridgehead atoms. The van der Waals surface area contributed by atoms with Crippen molar-refractivity contribution >= 4 is 22.6 Å². The van der Waals surface area contributed by atoms with Crippen molar-refractivity contribution in [1.29, 1.82) is 0 Å². The van der Waals surface area contributed by atoms with E-state index in [4.69, 9.17) is 4.74 Å². The topological polar surface area (TPSA) is 105 Å². The number of fused-ring (bicyclic) bond motifs is 1. The van der Waals surface area contributed by atoms with Crippen LogP contribution in [0.2, 0.25) is 0 Å². The Morgan fingerprint density at radius 2 is 1.76 bits per heavy atom. The second kappa shape index (κ2) is 8.74. The molecule has 0 aliphatic heterocycles. The van der Waals surface area contributed by atoms with Crippen LogP contribution in [0, 0.1) is 0 Å². The van der Waals surface area contributed by atoms with Crippen molar-refractivity contribution in [2.45, 2.75) is 19.8 Å². The van der Waals surface area contributed by atoms with Gasteiger partial charge in [0, 0.05) is 11.8 Å². The molecule has 170 valence electrons. The average molecular weight is 454 g/mol. The fourth-order valence-electron chi connectivity index (χ4n) is 3.69. The van der Waals surface area contributed by atoms with Crippen molar-refractivity contribution in [1.82, 2.24) is 19.7 Å². The summed E-state index contributed by atoms with van der Waals surface area (Å²) in [6.07, 6.45) is 0. The van der Waals surface area contributed by atoms with Gasteiger partial charge >= 0.3 is 5.69 Å². The molecule has 3 aromatic carbocycles. The Bertz CT molecular complexity index is 1530. The fourth-order valence-corrected chi connectivity index (χ4v) is 3.69. The summed E-state index contributed by atoms with van der Waals surface area (Å²) in [4.78, 5) is 30.3. The van der Waals surface area contributed by atoms with Crippen LogP contribution in [0.15, 0.2) is 83.7 Å². The fraction of sp³-hybridized carbons (Fsp3) is 0.115. The van der Waals surface area contributed by atoms with Gasteiger partial charge in [0.25, 0.3) is 5.91 Å². The molecule has 34 heavy (non-hydrogen) atoms. The van der Waals surface area contributed by atoms with Gasteiger partial charge in [-0.2, -0.15) is 5.10 Å². The number of rotatable bonds is 6. The molecule has 0 aliphatic carbocycles. The lowest BCUT2D eigenvalue weighted by Gasteiger charge is -2.11. The molecule has 0 saturated carbocycles. The Hall–Kier alpha value is -4.59. The van der Waals surface area contributed by atoms with E-state index in [1.54, 1.807) is 47.1 Å². The Morgan fingerprint density at radius 1 is 0.971 bits per heavy atom. The molecule has 5 rings (SSSR count). The van der Waals surface area contributed by atoms with Crippen molar-refractivity contribution in [3.05, 3.63) is 101 Å². The summed E-state index contributed by atoms with van der Waals surface area (Å²) in [5.41, 5.74) is 3.59. The Kier molecular flexibility index (Phi) is 5.47. The third-order valence-corrected chi connectivity index (χ3v) is 5.39. The number of anilines is 1. The van der Waals surface area contributed by atoms with Crippen molar-refractivity contribution in [3.63, 3.8) is 0 Å². The van der Waals surface area contributed by atoms with Gasteiger partial charge in [-0.1, -0.05) is 44.2 Å². The highest BCUT2D eigenvalue weighted by molar-refractivity contribution is 6.03. The zero-order valence-electron chi connectivity index (χ0n) is 18.7. The predicted octanol–water partition coefficient (Wildman–Crippen LogP) is 5.21. The Labute approximate surface area is 195 Å². The SMILES string of the molecule is CC(C)c1cc(C(=O)Nc2cccc(Oc3cccc4[nH]c(=O)[nH]c34)c2)n(-c2ccccc2)n1. The Balaban J connectivity index is 1.42. The van der Waals surface area contributed by atoms with Crippen LogP contribution in [0.4, 0.5) is 5.69 Å². The van der Waals surface area contributed by atoms with Gasteiger partial charge in [-0.15, -0.1) is 0 Å². The van der Waals surface area contributed by atoms with Gasteiger partial charge in [-0.3, -0.25) is 4.79 Å². The second-order valence-electron chi connectivity index (χ2n) is 8.20. The maximum atomic E-state index is 13.2. The number of nitrogens with zero attached hydrogens (tertiary/aromatic N) is 2. The molecule has 2 heterocycles. The van der Waals surface area contributed by atoms with Crippen LogP contribution in [-0.4, -0.2) is 25.7 Å². The summed E-state index contributed by atoms with van der Waals surface area (Å²) >= 11 is 0. The summed E-state index contributed by atoms with van der Waals surface area (Å²) in [5, 5.41) is 7.59. The van der Waals surface area contributed by atoms with E-state index in [9.17, 15) is 9.59 Å². The van der Waals surface area contributed by atoms with Crippen LogP contribution in [0.25, 0.3) is 16.7 Å². The average Bonchev–Trinajstić information content (AvgIpc) is 3.44. The van der Waals surface area contributed by atoms with Gasteiger partial charge in [0.2, 0.25) is 0 Å². The van der Waals surface area contributed by atoms with Crippen LogP contribution in [0.1, 0.15) is 35.9 Å². The first-order valence-electron chi connectivity index (χ1n) is 10.9. The molecule has 2 aromatic heterocycles. The zero-order valence-corrected chi connectivity index (χ0v) is 18.7. The van der Waals surface area contributed by atoms with Crippen LogP contribution < -0.4 is 15.7 Å². The van der Waals surface area contributed by atoms with Crippen LogP contribution in [-0.2, 0) is 0 Å². The van der Waals surface area contributed by atoms with E-state index in [0.29, 0.717) is 33.9 Å². The van der Waals surface area contributed by atoms with E-state index in [2.05, 4.69) is 20.4 Å². The molecule has 5 aromatic rings. The minimum Gasteiger partial charge on any atom is -0.455 e. The maximum absolute atomic E-state index is 13.2. The van der Waals surface area contributed by atoms with Crippen LogP contribution in [0.3, 0.4) is 0 Å². The van der Waals surface area contributed by atoms with Crippen molar-refractivity contribution in [3.8, 4) is 17.2 Å². The maximum Gasteiger partial charge on any atom is 0.323 e. The molecule has 0 fully saturated rings. The van der Waals surface area contributed by atoms with Gasteiger partial charge in [-0.25, -0.2) is 9.48 Å². The molecule has 8 heteroatoms. The number of nitrogens with one attached hydrogen (secondary N) is 3. The molecular formula is C26H23N5O3. The summed E-state index contributed by atoms with van der Waals surface area (Å²) in [5.74, 6) is 0.920. The summed E-state index contributed by atoms with van der Waals surface area (Å²) in [6, 6.07) is 23.8. The number of carbonyl (C=O) groups excluding carboxylic acids is 1. The summed E-state index contributed by atoms with van der Waals surface area (Å²) < 4.78 is 7.66. The van der Waals surface area contributed by atoms with Crippen molar-refractivity contribution in [2.75, 3.05) is 5.32 Å². The number of hydrogen-bond donors (Lipinski definition) is 3. The summed E-state index contributed by atoms with van der Waals surface area (Å²) in [7, 11) is 0. The number of hydrogen-bond acceptors (Lipinski definition) is 4. The molecule has 0 radical (unpaired) electrons. The van der Waals surface area contributed by atoms with Crippen LogP contribution in [0.5, 0.6) is 11.5 Å². The number of ether oxygens (including phenoxy) is 1. The van der Waals surface area contributed by atoms with Gasteiger partial charge in [0.1, 0.15) is 17.0 Å². The normalized spacial score (nSPS) is 11.1. The van der Waals surface area contributed by atoms with E-state index < -0.39 is 0 Å². The smallest absolute Gasteiger partial charge is 0.323 e. The van der Waals surface area contributed by atoms with E-state index in [1.165, 1.54) is 0 Å². The van der Waals surface area contributed by atoms with E-state index >= 15 is 0 Å². The highest BCUT2D eigenvalue weighted by Gasteiger charge is 2.18. The first-order valence-corrected chi connectivity index (χ1v) is 10.9. The number of benzene rings is 3. The quantitative estimate of drug-likeness (QED) is 0.328. The number of H-pyrrole nitrogens is 2. The summed E-state index contributed by atoms with van der Waals surface area (Å²) in [6.45, 7) is 4.08. The van der Waals surface area contributed by atoms with Crippen LogP contribution >= 0.6 is 0 Å². The molecule has 0 aliphatic rings. The lowest BCUT2D eigenvalue weighted by molar-refractivity contribution is 0.101. The largest absolute Gasteiger partial charge is 0.455 e. The van der Waals surface area contributed by atoms with Crippen molar-refractivity contribution < 1.29 is 9.53 Å². The number of carbonyl (C=O) groups is 1. The third-order valence-electron chi connectivity index (χ3n) is 5.39. The minimum atomic E-state index is -0.303. The second-order valence-corrected chi connectivity index (χ2v) is 8.20. The van der Waals surface area contributed by atoms with Gasteiger partial charge in [-0.05, 0) is 48.4 Å². The predicted molar refractivity (Wildman–Crippen MR) is 131 cm³/mol. The van der Waals surface area contributed by atoms with Crippen molar-refractivity contribution in [2.24, 2.45) is 0 Å².